The van der Waals surface area contributed by atoms with E-state index in [1.807, 2.05) is 13.8 Å². The lowest BCUT2D eigenvalue weighted by Gasteiger charge is -2.36. The Bertz CT molecular complexity index is 245. The highest BCUT2D eigenvalue weighted by Gasteiger charge is 2.33. The normalized spacial score (nSPS) is 30.9. The molecule has 1 aliphatic carbocycles. The molecule has 0 aromatic rings. The average Bonchev–Trinajstić information content (AvgIpc) is 2.36. The molecule has 1 aliphatic rings. The molecule has 0 saturated heterocycles. The average molecular weight is 241 g/mol. The van der Waals surface area contributed by atoms with Crippen LogP contribution in [0, 0.1) is 11.8 Å². The lowest BCUT2D eigenvalue weighted by molar-refractivity contribution is -0.126. The molecule has 0 aliphatic heterocycles. The fourth-order valence-electron chi connectivity index (χ4n) is 2.41. The van der Waals surface area contributed by atoms with Crippen molar-refractivity contribution >= 4 is 5.91 Å². The van der Waals surface area contributed by atoms with E-state index < -0.39 is 5.60 Å². The molecule has 0 aromatic heterocycles. The van der Waals surface area contributed by atoms with Crippen molar-refractivity contribution < 1.29 is 9.90 Å². The van der Waals surface area contributed by atoms with Crippen LogP contribution in [0.1, 0.15) is 59.3 Å². The molecule has 1 fully saturated rings. The summed E-state index contributed by atoms with van der Waals surface area (Å²) in [5.74, 6) is 0.879. The van der Waals surface area contributed by atoms with E-state index in [4.69, 9.17) is 0 Å². The molecule has 1 unspecified atom stereocenters. The molecule has 1 amide bonds. The van der Waals surface area contributed by atoms with Gasteiger partial charge < -0.3 is 10.4 Å². The Hall–Kier alpha value is -0.570. The van der Waals surface area contributed by atoms with Crippen LogP contribution in [0.2, 0.25) is 0 Å². The maximum absolute atomic E-state index is 11.7. The van der Waals surface area contributed by atoms with Crippen LogP contribution in [0.5, 0.6) is 0 Å². The minimum atomic E-state index is -0.658. The minimum Gasteiger partial charge on any atom is -0.388 e. The maximum Gasteiger partial charge on any atom is 0.222 e. The zero-order valence-corrected chi connectivity index (χ0v) is 11.5. The number of amides is 1. The highest BCUT2D eigenvalue weighted by Crippen LogP contribution is 2.33. The molecule has 1 rings (SSSR count). The standard InChI is InChI=1S/C14H27NO2/c1-4-11(3)13(16)15-10-14(17)8-6-12(5-2)7-9-14/h11-12,17H,4-10H2,1-3H3,(H,15,16). The first kappa shape index (κ1) is 14.5. The third kappa shape index (κ3) is 4.30. The molecule has 0 aromatic carbocycles. The van der Waals surface area contributed by atoms with Crippen molar-refractivity contribution in [3.8, 4) is 0 Å². The third-order valence-electron chi connectivity index (χ3n) is 4.26. The Morgan fingerprint density at radius 2 is 2.00 bits per heavy atom. The summed E-state index contributed by atoms with van der Waals surface area (Å²) in [5, 5.41) is 13.3. The second kappa shape index (κ2) is 6.39. The largest absolute Gasteiger partial charge is 0.388 e. The summed E-state index contributed by atoms with van der Waals surface area (Å²) in [6, 6.07) is 0. The fraction of sp³-hybridized carbons (Fsp3) is 0.929. The van der Waals surface area contributed by atoms with Crippen LogP contribution in [-0.2, 0) is 4.79 Å². The summed E-state index contributed by atoms with van der Waals surface area (Å²) in [4.78, 5) is 11.7. The third-order valence-corrected chi connectivity index (χ3v) is 4.26. The topological polar surface area (TPSA) is 49.3 Å². The Balaban J connectivity index is 2.34. The lowest BCUT2D eigenvalue weighted by atomic mass is 9.78. The van der Waals surface area contributed by atoms with Gasteiger partial charge in [0.05, 0.1) is 5.60 Å². The van der Waals surface area contributed by atoms with Crippen LogP contribution in [0.15, 0.2) is 0 Å². The second-order valence-electron chi connectivity index (χ2n) is 5.60. The van der Waals surface area contributed by atoms with Gasteiger partial charge in [-0.1, -0.05) is 27.2 Å². The van der Waals surface area contributed by atoms with Gasteiger partial charge in [-0.2, -0.15) is 0 Å². The monoisotopic (exact) mass is 241 g/mol. The van der Waals surface area contributed by atoms with Crippen LogP contribution >= 0.6 is 0 Å². The van der Waals surface area contributed by atoms with E-state index in [9.17, 15) is 9.90 Å². The highest BCUT2D eigenvalue weighted by atomic mass is 16.3. The van der Waals surface area contributed by atoms with Gasteiger partial charge in [-0.3, -0.25) is 4.79 Å². The van der Waals surface area contributed by atoms with Crippen LogP contribution in [0.3, 0.4) is 0 Å². The number of hydrogen-bond acceptors (Lipinski definition) is 2. The molecule has 1 saturated carbocycles. The molecule has 0 heterocycles. The van der Waals surface area contributed by atoms with E-state index in [2.05, 4.69) is 12.2 Å². The van der Waals surface area contributed by atoms with E-state index in [0.717, 1.165) is 38.0 Å². The van der Waals surface area contributed by atoms with E-state index in [1.165, 1.54) is 6.42 Å². The maximum atomic E-state index is 11.7. The number of aliphatic hydroxyl groups is 1. The molecule has 0 radical (unpaired) electrons. The minimum absolute atomic E-state index is 0.0468. The zero-order valence-electron chi connectivity index (χ0n) is 11.5. The molecule has 1 atom stereocenters. The molecule has 0 spiro atoms. The van der Waals surface area contributed by atoms with Gasteiger partial charge in [-0.25, -0.2) is 0 Å². The molecule has 3 heteroatoms. The summed E-state index contributed by atoms with van der Waals surface area (Å²) < 4.78 is 0. The lowest BCUT2D eigenvalue weighted by Crippen LogP contribution is -2.46. The first-order chi connectivity index (χ1) is 8.00. The van der Waals surface area contributed by atoms with E-state index in [0.29, 0.717) is 6.54 Å². The van der Waals surface area contributed by atoms with Crippen molar-refractivity contribution in [2.45, 2.75) is 64.9 Å². The summed E-state index contributed by atoms with van der Waals surface area (Å²) in [5.41, 5.74) is -0.658. The number of rotatable bonds is 5. The predicted octanol–water partition coefficient (Wildman–Crippen LogP) is 2.48. The van der Waals surface area contributed by atoms with Gasteiger partial charge in [-0.05, 0) is 38.0 Å². The molecule has 17 heavy (non-hydrogen) atoms. The Kier molecular flexibility index (Phi) is 5.44. The zero-order chi connectivity index (χ0) is 12.9. The first-order valence-corrected chi connectivity index (χ1v) is 7.01. The van der Waals surface area contributed by atoms with Crippen molar-refractivity contribution in [1.82, 2.24) is 5.32 Å². The van der Waals surface area contributed by atoms with Gasteiger partial charge in [0.2, 0.25) is 5.91 Å². The molecule has 100 valence electrons. The SMILES string of the molecule is CCC1CCC(O)(CNC(=O)C(C)CC)CC1. The van der Waals surface area contributed by atoms with Gasteiger partial charge in [0, 0.05) is 12.5 Å². The van der Waals surface area contributed by atoms with Crippen LogP contribution in [0.4, 0.5) is 0 Å². The Morgan fingerprint density at radius 3 is 2.47 bits per heavy atom. The van der Waals surface area contributed by atoms with E-state index in [-0.39, 0.29) is 11.8 Å². The fourth-order valence-corrected chi connectivity index (χ4v) is 2.41. The predicted molar refractivity (Wildman–Crippen MR) is 69.7 cm³/mol. The van der Waals surface area contributed by atoms with Crippen LogP contribution in [-0.4, -0.2) is 23.2 Å². The number of hydrogen-bond donors (Lipinski definition) is 2. The second-order valence-corrected chi connectivity index (χ2v) is 5.60. The quantitative estimate of drug-likeness (QED) is 0.777. The molecular weight excluding hydrogens is 214 g/mol. The Labute approximate surface area is 105 Å². The number of nitrogens with one attached hydrogen (secondary N) is 1. The van der Waals surface area contributed by atoms with Gasteiger partial charge in [-0.15, -0.1) is 0 Å². The Morgan fingerprint density at radius 1 is 1.41 bits per heavy atom. The summed E-state index contributed by atoms with van der Waals surface area (Å²) >= 11 is 0. The highest BCUT2D eigenvalue weighted by molar-refractivity contribution is 5.78. The number of carbonyl (C=O) groups is 1. The summed E-state index contributed by atoms with van der Waals surface area (Å²) in [6.45, 7) is 6.56. The van der Waals surface area contributed by atoms with Gasteiger partial charge >= 0.3 is 0 Å². The summed E-state index contributed by atoms with van der Waals surface area (Å²) in [6.07, 6.45) is 5.88. The van der Waals surface area contributed by atoms with Crippen LogP contribution < -0.4 is 5.32 Å². The van der Waals surface area contributed by atoms with Crippen LogP contribution in [0.25, 0.3) is 0 Å². The van der Waals surface area contributed by atoms with E-state index >= 15 is 0 Å². The molecular formula is C14H27NO2. The van der Waals surface area contributed by atoms with Crippen molar-refractivity contribution in [2.75, 3.05) is 6.54 Å². The summed E-state index contributed by atoms with van der Waals surface area (Å²) in [7, 11) is 0. The van der Waals surface area contributed by atoms with Crippen molar-refractivity contribution in [1.29, 1.82) is 0 Å². The van der Waals surface area contributed by atoms with E-state index in [1.54, 1.807) is 0 Å². The number of carbonyl (C=O) groups excluding carboxylic acids is 1. The van der Waals surface area contributed by atoms with Crippen molar-refractivity contribution in [3.63, 3.8) is 0 Å². The van der Waals surface area contributed by atoms with Gasteiger partial charge in [0.1, 0.15) is 0 Å². The smallest absolute Gasteiger partial charge is 0.222 e. The van der Waals surface area contributed by atoms with Crippen molar-refractivity contribution in [2.24, 2.45) is 11.8 Å². The molecule has 2 N–H and O–H groups in total. The van der Waals surface area contributed by atoms with Gasteiger partial charge in [0.15, 0.2) is 0 Å². The van der Waals surface area contributed by atoms with Crippen molar-refractivity contribution in [3.05, 3.63) is 0 Å². The van der Waals surface area contributed by atoms with Gasteiger partial charge in [0.25, 0.3) is 0 Å². The first-order valence-electron chi connectivity index (χ1n) is 7.01. The molecule has 3 nitrogen and oxygen atoms in total. The molecule has 0 bridgehead atoms.